The Morgan fingerprint density at radius 2 is 2.22 bits per heavy atom. The van der Waals surface area contributed by atoms with Gasteiger partial charge in [-0.05, 0) is 37.9 Å². The lowest BCUT2D eigenvalue weighted by Crippen LogP contribution is -2.33. The highest BCUT2D eigenvalue weighted by molar-refractivity contribution is 5.73. The van der Waals surface area contributed by atoms with Gasteiger partial charge in [0.05, 0.1) is 16.9 Å². The van der Waals surface area contributed by atoms with E-state index in [-0.39, 0.29) is 0 Å². The van der Waals surface area contributed by atoms with Gasteiger partial charge < -0.3 is 11.1 Å². The minimum absolute atomic E-state index is 0.476. The van der Waals surface area contributed by atoms with E-state index in [9.17, 15) is 0 Å². The van der Waals surface area contributed by atoms with Crippen LogP contribution in [0.4, 0.5) is 11.4 Å². The van der Waals surface area contributed by atoms with Crippen molar-refractivity contribution < 1.29 is 0 Å². The van der Waals surface area contributed by atoms with Crippen molar-refractivity contribution in [1.82, 2.24) is 4.90 Å². The first-order valence-electron chi connectivity index (χ1n) is 6.59. The maximum Gasteiger partial charge on any atom is 0.101 e. The smallest absolute Gasteiger partial charge is 0.101 e. The third kappa shape index (κ3) is 1.81. The molecule has 0 aromatic heterocycles. The Morgan fingerprint density at radius 3 is 3.06 bits per heavy atom. The summed E-state index contributed by atoms with van der Waals surface area (Å²) in [6, 6.07) is 8.87. The van der Waals surface area contributed by atoms with Gasteiger partial charge >= 0.3 is 0 Å². The minimum Gasteiger partial charge on any atom is -0.396 e. The van der Waals surface area contributed by atoms with E-state index in [2.05, 4.69) is 16.3 Å². The van der Waals surface area contributed by atoms with Crippen molar-refractivity contribution in [2.75, 3.05) is 24.1 Å². The lowest BCUT2D eigenvalue weighted by Gasteiger charge is -2.23. The van der Waals surface area contributed by atoms with Gasteiger partial charge in [0.2, 0.25) is 0 Å². The SMILES string of the molecule is N#Cc1cccc(NC2CCN3CCCC23)c1N. The molecule has 2 atom stereocenters. The quantitative estimate of drug-likeness (QED) is 0.776. The van der Waals surface area contributed by atoms with E-state index in [4.69, 9.17) is 11.0 Å². The first-order valence-corrected chi connectivity index (χ1v) is 6.59. The molecule has 0 aliphatic carbocycles. The summed E-state index contributed by atoms with van der Waals surface area (Å²) in [4.78, 5) is 2.56. The molecule has 3 rings (SSSR count). The average Bonchev–Trinajstić information content (AvgIpc) is 2.96. The molecule has 0 bridgehead atoms. The molecule has 2 saturated heterocycles. The van der Waals surface area contributed by atoms with Gasteiger partial charge in [0, 0.05) is 18.6 Å². The average molecular weight is 242 g/mol. The third-order valence-corrected chi connectivity index (χ3v) is 4.17. The molecular formula is C14H18N4. The largest absolute Gasteiger partial charge is 0.396 e. The maximum atomic E-state index is 8.99. The van der Waals surface area contributed by atoms with Gasteiger partial charge in [-0.25, -0.2) is 0 Å². The second kappa shape index (κ2) is 4.51. The number of benzene rings is 1. The molecule has 4 heteroatoms. The van der Waals surface area contributed by atoms with E-state index in [0.29, 0.717) is 23.3 Å². The summed E-state index contributed by atoms with van der Waals surface area (Å²) in [6.07, 6.45) is 3.74. The van der Waals surface area contributed by atoms with Gasteiger partial charge in [0.1, 0.15) is 6.07 Å². The lowest BCUT2D eigenvalue weighted by atomic mass is 10.1. The molecule has 94 valence electrons. The number of nitrogen functional groups attached to an aromatic ring is 1. The van der Waals surface area contributed by atoms with Crippen LogP contribution in [0.15, 0.2) is 18.2 Å². The standard InChI is InChI=1S/C14H18N4/c15-9-10-3-1-4-12(14(10)16)17-11-6-8-18-7-2-5-13(11)18/h1,3-4,11,13,17H,2,5-8,16H2. The Kier molecular flexibility index (Phi) is 2.85. The van der Waals surface area contributed by atoms with Gasteiger partial charge in [-0.15, -0.1) is 0 Å². The summed E-state index contributed by atoms with van der Waals surface area (Å²) in [7, 11) is 0. The maximum absolute atomic E-state index is 8.99. The predicted molar refractivity (Wildman–Crippen MR) is 72.2 cm³/mol. The van der Waals surface area contributed by atoms with Gasteiger partial charge in [0.15, 0.2) is 0 Å². The highest BCUT2D eigenvalue weighted by Gasteiger charge is 2.37. The Morgan fingerprint density at radius 1 is 1.33 bits per heavy atom. The molecule has 1 aromatic carbocycles. The second-order valence-electron chi connectivity index (χ2n) is 5.16. The van der Waals surface area contributed by atoms with Crippen LogP contribution in [-0.4, -0.2) is 30.1 Å². The van der Waals surface area contributed by atoms with Gasteiger partial charge in [-0.3, -0.25) is 4.90 Å². The zero-order valence-corrected chi connectivity index (χ0v) is 10.4. The fourth-order valence-electron chi connectivity index (χ4n) is 3.24. The predicted octanol–water partition coefficient (Wildman–Crippen LogP) is 1.79. The van der Waals surface area contributed by atoms with Crippen molar-refractivity contribution in [3.05, 3.63) is 23.8 Å². The van der Waals surface area contributed by atoms with Crippen molar-refractivity contribution in [2.24, 2.45) is 0 Å². The molecule has 0 saturated carbocycles. The molecule has 18 heavy (non-hydrogen) atoms. The van der Waals surface area contributed by atoms with Crippen LogP contribution < -0.4 is 11.1 Å². The van der Waals surface area contributed by atoms with Crippen LogP contribution in [0.25, 0.3) is 0 Å². The summed E-state index contributed by atoms with van der Waals surface area (Å²) >= 11 is 0. The Bertz CT molecular complexity index is 491. The van der Waals surface area contributed by atoms with E-state index in [1.165, 1.54) is 32.4 Å². The van der Waals surface area contributed by atoms with Crippen molar-refractivity contribution in [3.8, 4) is 6.07 Å². The summed E-state index contributed by atoms with van der Waals surface area (Å²) < 4.78 is 0. The molecule has 0 radical (unpaired) electrons. The number of rotatable bonds is 2. The molecular weight excluding hydrogens is 224 g/mol. The number of nitrogens with two attached hydrogens (primary N) is 1. The monoisotopic (exact) mass is 242 g/mol. The number of fused-ring (bicyclic) bond motifs is 1. The van der Waals surface area contributed by atoms with E-state index >= 15 is 0 Å². The van der Waals surface area contributed by atoms with E-state index in [0.717, 1.165) is 5.69 Å². The van der Waals surface area contributed by atoms with Crippen molar-refractivity contribution in [1.29, 1.82) is 5.26 Å². The zero-order chi connectivity index (χ0) is 12.5. The van der Waals surface area contributed by atoms with Crippen LogP contribution >= 0.6 is 0 Å². The van der Waals surface area contributed by atoms with E-state index in [1.807, 2.05) is 12.1 Å². The van der Waals surface area contributed by atoms with E-state index < -0.39 is 0 Å². The van der Waals surface area contributed by atoms with Gasteiger partial charge in [0.25, 0.3) is 0 Å². The molecule has 2 aliphatic rings. The molecule has 4 nitrogen and oxygen atoms in total. The first-order chi connectivity index (χ1) is 8.79. The number of hydrogen-bond donors (Lipinski definition) is 2. The fourth-order valence-corrected chi connectivity index (χ4v) is 3.24. The molecule has 2 aliphatic heterocycles. The van der Waals surface area contributed by atoms with Crippen molar-refractivity contribution in [2.45, 2.75) is 31.3 Å². The van der Waals surface area contributed by atoms with Crippen LogP contribution in [0.3, 0.4) is 0 Å². The lowest BCUT2D eigenvalue weighted by molar-refractivity contribution is 0.318. The van der Waals surface area contributed by atoms with Gasteiger partial charge in [-0.2, -0.15) is 5.26 Å². The van der Waals surface area contributed by atoms with Gasteiger partial charge in [-0.1, -0.05) is 6.07 Å². The van der Waals surface area contributed by atoms with Crippen LogP contribution in [0.1, 0.15) is 24.8 Å². The highest BCUT2D eigenvalue weighted by atomic mass is 15.2. The highest BCUT2D eigenvalue weighted by Crippen LogP contribution is 2.32. The molecule has 0 amide bonds. The Balaban J connectivity index is 1.79. The topological polar surface area (TPSA) is 65.1 Å². The number of nitrogens with zero attached hydrogens (tertiary/aromatic N) is 2. The molecule has 2 fully saturated rings. The minimum atomic E-state index is 0.476. The molecule has 1 aromatic rings. The Hall–Kier alpha value is -1.73. The third-order valence-electron chi connectivity index (χ3n) is 4.17. The molecule has 2 heterocycles. The number of para-hydroxylation sites is 1. The zero-order valence-electron chi connectivity index (χ0n) is 10.4. The molecule has 0 spiro atoms. The van der Waals surface area contributed by atoms with Crippen LogP contribution in [-0.2, 0) is 0 Å². The number of nitriles is 1. The molecule has 2 unspecified atom stereocenters. The van der Waals surface area contributed by atoms with Crippen LogP contribution in [0, 0.1) is 11.3 Å². The van der Waals surface area contributed by atoms with Crippen molar-refractivity contribution >= 4 is 11.4 Å². The normalized spacial score (nSPS) is 26.8. The number of nitrogens with one attached hydrogen (secondary N) is 1. The van der Waals surface area contributed by atoms with E-state index in [1.54, 1.807) is 6.07 Å². The van der Waals surface area contributed by atoms with Crippen LogP contribution in [0.2, 0.25) is 0 Å². The summed E-state index contributed by atoms with van der Waals surface area (Å²) in [5, 5.41) is 12.5. The summed E-state index contributed by atoms with van der Waals surface area (Å²) in [6.45, 7) is 2.41. The number of anilines is 2. The number of hydrogen-bond acceptors (Lipinski definition) is 4. The first kappa shape index (κ1) is 11.4. The summed E-state index contributed by atoms with van der Waals surface area (Å²) in [5.41, 5.74) is 8.06. The second-order valence-corrected chi connectivity index (χ2v) is 5.16. The van der Waals surface area contributed by atoms with Crippen LogP contribution in [0.5, 0.6) is 0 Å². The summed E-state index contributed by atoms with van der Waals surface area (Å²) in [5.74, 6) is 0. The molecule has 3 N–H and O–H groups in total. The van der Waals surface area contributed by atoms with Crippen molar-refractivity contribution in [3.63, 3.8) is 0 Å². The Labute approximate surface area is 107 Å². The fraction of sp³-hybridized carbons (Fsp3) is 0.500.